The average Bonchev–Trinajstić information content (AvgIpc) is 2.71. The topological polar surface area (TPSA) is 43.1 Å². The zero-order valence-electron chi connectivity index (χ0n) is 6.46. The highest BCUT2D eigenvalue weighted by Gasteiger charge is 1.92. The lowest BCUT2D eigenvalue weighted by atomic mass is 10.4. The molecular formula is C7H5BrN4S. The van der Waals surface area contributed by atoms with Crippen molar-refractivity contribution in [3.8, 4) is 0 Å². The van der Waals surface area contributed by atoms with E-state index in [0.29, 0.717) is 0 Å². The van der Waals surface area contributed by atoms with E-state index in [1.807, 2.05) is 11.4 Å². The highest BCUT2D eigenvalue weighted by Crippen LogP contribution is 2.19. The molecule has 4 nitrogen and oxygen atoms in total. The standard InChI is InChI=1S/C7H5BrN4S/c8-7-1-6(3-13-7)2-10-12-5-9-4-11-12/h1-5H/b10-2+. The van der Waals surface area contributed by atoms with Crippen molar-refractivity contribution in [3.63, 3.8) is 0 Å². The Labute approximate surface area is 87.1 Å². The van der Waals surface area contributed by atoms with Gasteiger partial charge in [0, 0.05) is 10.9 Å². The minimum Gasteiger partial charge on any atom is -0.221 e. The van der Waals surface area contributed by atoms with Crippen LogP contribution >= 0.6 is 27.3 Å². The number of hydrogen-bond donors (Lipinski definition) is 0. The van der Waals surface area contributed by atoms with Crippen molar-refractivity contribution in [2.24, 2.45) is 5.10 Å². The number of halogens is 1. The first kappa shape index (κ1) is 8.58. The van der Waals surface area contributed by atoms with Gasteiger partial charge in [0.25, 0.3) is 0 Å². The van der Waals surface area contributed by atoms with Crippen molar-refractivity contribution >= 4 is 33.5 Å². The number of rotatable bonds is 2. The van der Waals surface area contributed by atoms with Gasteiger partial charge in [-0.25, -0.2) is 4.98 Å². The normalized spacial score (nSPS) is 11.2. The first-order valence-corrected chi connectivity index (χ1v) is 5.15. The molecule has 2 rings (SSSR count). The Bertz CT molecular complexity index is 406. The van der Waals surface area contributed by atoms with Crippen LogP contribution < -0.4 is 0 Å². The fourth-order valence-electron chi connectivity index (χ4n) is 0.779. The predicted molar refractivity (Wildman–Crippen MR) is 55.0 cm³/mol. The summed E-state index contributed by atoms with van der Waals surface area (Å²) in [5, 5.41) is 9.90. The van der Waals surface area contributed by atoms with Crippen LogP contribution in [0.5, 0.6) is 0 Å². The van der Waals surface area contributed by atoms with Crippen LogP contribution in [0.15, 0.2) is 33.0 Å². The van der Waals surface area contributed by atoms with E-state index >= 15 is 0 Å². The third-order valence-electron chi connectivity index (χ3n) is 1.32. The molecular weight excluding hydrogens is 252 g/mol. The molecule has 0 unspecified atom stereocenters. The molecule has 0 aliphatic carbocycles. The van der Waals surface area contributed by atoms with E-state index in [4.69, 9.17) is 0 Å². The molecule has 0 spiro atoms. The summed E-state index contributed by atoms with van der Waals surface area (Å²) in [5.41, 5.74) is 1.05. The molecule has 2 heterocycles. The quantitative estimate of drug-likeness (QED) is 0.772. The average molecular weight is 257 g/mol. The molecule has 0 atom stereocenters. The second-order valence-corrected chi connectivity index (χ2v) is 4.54. The van der Waals surface area contributed by atoms with Gasteiger partial charge < -0.3 is 0 Å². The van der Waals surface area contributed by atoms with E-state index in [9.17, 15) is 0 Å². The molecule has 13 heavy (non-hydrogen) atoms. The van der Waals surface area contributed by atoms with Crippen molar-refractivity contribution in [1.29, 1.82) is 0 Å². The molecule has 2 aromatic rings. The van der Waals surface area contributed by atoms with Crippen LogP contribution in [0.2, 0.25) is 0 Å². The van der Waals surface area contributed by atoms with Gasteiger partial charge in [-0.1, -0.05) is 0 Å². The fraction of sp³-hybridized carbons (Fsp3) is 0. The minimum atomic E-state index is 1.05. The van der Waals surface area contributed by atoms with Gasteiger partial charge in [-0.2, -0.15) is 5.10 Å². The van der Waals surface area contributed by atoms with Gasteiger partial charge in [0.05, 0.1) is 10.0 Å². The summed E-state index contributed by atoms with van der Waals surface area (Å²) in [5.74, 6) is 0. The Kier molecular flexibility index (Phi) is 2.51. The number of hydrogen-bond acceptors (Lipinski definition) is 4. The minimum absolute atomic E-state index is 1.05. The molecule has 0 amide bonds. The van der Waals surface area contributed by atoms with Crippen molar-refractivity contribution in [1.82, 2.24) is 14.9 Å². The lowest BCUT2D eigenvalue weighted by Crippen LogP contribution is -1.89. The van der Waals surface area contributed by atoms with Crippen LogP contribution in [0.1, 0.15) is 5.56 Å². The van der Waals surface area contributed by atoms with Crippen LogP contribution in [-0.2, 0) is 0 Å². The molecule has 0 aliphatic heterocycles. The van der Waals surface area contributed by atoms with Crippen LogP contribution in [0, 0.1) is 0 Å². The molecule has 0 N–H and O–H groups in total. The van der Waals surface area contributed by atoms with Gasteiger partial charge in [-0.05, 0) is 22.0 Å². The molecule has 0 aliphatic rings. The van der Waals surface area contributed by atoms with Gasteiger partial charge in [0.2, 0.25) is 0 Å². The van der Waals surface area contributed by atoms with E-state index in [1.54, 1.807) is 17.6 Å². The van der Waals surface area contributed by atoms with E-state index in [-0.39, 0.29) is 0 Å². The SMILES string of the molecule is Brc1cc(/C=N/n2cncn2)cs1. The summed E-state index contributed by atoms with van der Waals surface area (Å²) in [6.45, 7) is 0. The van der Waals surface area contributed by atoms with E-state index in [1.165, 1.54) is 17.4 Å². The Balaban J connectivity index is 2.14. The van der Waals surface area contributed by atoms with Crippen molar-refractivity contribution in [3.05, 3.63) is 33.5 Å². The molecule has 0 radical (unpaired) electrons. The van der Waals surface area contributed by atoms with Crippen molar-refractivity contribution in [2.45, 2.75) is 0 Å². The largest absolute Gasteiger partial charge is 0.221 e. The van der Waals surface area contributed by atoms with Crippen LogP contribution in [0.4, 0.5) is 0 Å². The Morgan fingerprint density at radius 3 is 3.15 bits per heavy atom. The molecule has 0 saturated heterocycles. The Morgan fingerprint density at radius 1 is 1.62 bits per heavy atom. The smallest absolute Gasteiger partial charge is 0.139 e. The fourth-order valence-corrected chi connectivity index (χ4v) is 1.90. The summed E-state index contributed by atoms with van der Waals surface area (Å²) in [6, 6.07) is 1.99. The summed E-state index contributed by atoms with van der Waals surface area (Å²) in [4.78, 5) is 5.18. The Hall–Kier alpha value is -1.01. The van der Waals surface area contributed by atoms with Crippen molar-refractivity contribution in [2.75, 3.05) is 0 Å². The molecule has 0 bridgehead atoms. The predicted octanol–water partition coefficient (Wildman–Crippen LogP) is 1.98. The monoisotopic (exact) mass is 256 g/mol. The summed E-state index contributed by atoms with van der Waals surface area (Å²) < 4.78 is 1.09. The molecule has 0 aromatic carbocycles. The maximum absolute atomic E-state index is 4.05. The molecule has 6 heteroatoms. The summed E-state index contributed by atoms with van der Waals surface area (Å²) in [6.07, 6.45) is 4.72. The second-order valence-electron chi connectivity index (χ2n) is 2.24. The highest BCUT2D eigenvalue weighted by molar-refractivity contribution is 9.11. The van der Waals surface area contributed by atoms with E-state index in [2.05, 4.69) is 31.1 Å². The van der Waals surface area contributed by atoms with Gasteiger partial charge in [0.1, 0.15) is 12.7 Å². The summed E-state index contributed by atoms with van der Waals surface area (Å²) in [7, 11) is 0. The Morgan fingerprint density at radius 2 is 2.54 bits per heavy atom. The van der Waals surface area contributed by atoms with Gasteiger partial charge >= 0.3 is 0 Å². The third-order valence-corrected chi connectivity index (χ3v) is 2.84. The van der Waals surface area contributed by atoms with Gasteiger partial charge in [0.15, 0.2) is 0 Å². The first-order valence-electron chi connectivity index (χ1n) is 3.47. The summed E-state index contributed by atoms with van der Waals surface area (Å²) >= 11 is 4.99. The van der Waals surface area contributed by atoms with Crippen LogP contribution in [-0.4, -0.2) is 21.1 Å². The molecule has 2 aromatic heterocycles. The second kappa shape index (κ2) is 3.80. The van der Waals surface area contributed by atoms with E-state index in [0.717, 1.165) is 9.35 Å². The van der Waals surface area contributed by atoms with Gasteiger partial charge in [-0.3, -0.25) is 0 Å². The van der Waals surface area contributed by atoms with E-state index < -0.39 is 0 Å². The van der Waals surface area contributed by atoms with Crippen LogP contribution in [0.3, 0.4) is 0 Å². The third kappa shape index (κ3) is 2.22. The lowest BCUT2D eigenvalue weighted by Gasteiger charge is -1.85. The van der Waals surface area contributed by atoms with Gasteiger partial charge in [-0.15, -0.1) is 21.2 Å². The maximum Gasteiger partial charge on any atom is 0.139 e. The number of aromatic nitrogens is 3. The van der Waals surface area contributed by atoms with Crippen molar-refractivity contribution < 1.29 is 0 Å². The number of thiophene rings is 1. The molecule has 0 fully saturated rings. The zero-order chi connectivity index (χ0) is 9.10. The molecule has 0 saturated carbocycles. The lowest BCUT2D eigenvalue weighted by molar-refractivity contribution is 0.743. The van der Waals surface area contributed by atoms with Crippen LogP contribution in [0.25, 0.3) is 0 Å². The first-order chi connectivity index (χ1) is 6.34. The highest BCUT2D eigenvalue weighted by atomic mass is 79.9. The number of nitrogens with zero attached hydrogens (tertiary/aromatic N) is 4. The zero-order valence-corrected chi connectivity index (χ0v) is 8.86. The maximum atomic E-state index is 4.05. The molecule has 66 valence electrons.